The summed E-state index contributed by atoms with van der Waals surface area (Å²) in [5, 5.41) is 8.68. The Hall–Kier alpha value is -6.32. The number of hydrogen-bond acceptors (Lipinski definition) is 11. The Bertz CT molecular complexity index is 2660. The molecule has 0 bridgehead atoms. The summed E-state index contributed by atoms with van der Waals surface area (Å²) in [7, 11) is 1.67. The van der Waals surface area contributed by atoms with E-state index in [2.05, 4.69) is 67.5 Å². The van der Waals surface area contributed by atoms with Crippen LogP contribution in [-0.4, -0.2) is 68.4 Å². The van der Waals surface area contributed by atoms with Crippen LogP contribution in [0.25, 0.3) is 0 Å². The van der Waals surface area contributed by atoms with Crippen molar-refractivity contribution in [1.29, 1.82) is 0 Å². The van der Waals surface area contributed by atoms with Crippen molar-refractivity contribution in [2.45, 2.75) is 128 Å². The molecule has 7 aromatic carbocycles. The molecule has 0 aliphatic carbocycles. The van der Waals surface area contributed by atoms with E-state index >= 15 is 0 Å². The Balaban J connectivity index is 0. The van der Waals surface area contributed by atoms with Crippen LogP contribution < -0.4 is 4.74 Å². The van der Waals surface area contributed by atoms with Crippen molar-refractivity contribution in [3.8, 4) is 5.75 Å². The Labute approximate surface area is 538 Å². The van der Waals surface area contributed by atoms with Gasteiger partial charge in [0.1, 0.15) is 25.6 Å². The van der Waals surface area contributed by atoms with Gasteiger partial charge in [0.2, 0.25) is 5.56 Å². The molecule has 0 saturated carbocycles. The number of ether oxygens (including phenoxy) is 7. The molecule has 1 N–H and O–H groups in total. The van der Waals surface area contributed by atoms with Gasteiger partial charge in [-0.1, -0.05) is 232 Å². The maximum Gasteiger partial charge on any atom is 0.363 e. The first-order chi connectivity index (χ1) is 40.7. The summed E-state index contributed by atoms with van der Waals surface area (Å²) in [6.45, 7) is 27.2. The molecule has 1 atom stereocenters. The minimum absolute atomic E-state index is 0. The zero-order valence-corrected chi connectivity index (χ0v) is 55.4. The smallest absolute Gasteiger partial charge is 0.363 e. The summed E-state index contributed by atoms with van der Waals surface area (Å²) in [6.07, 6.45) is 1.11. The lowest BCUT2D eigenvalue weighted by atomic mass is 10.2. The largest absolute Gasteiger partial charge is 0.497 e. The first kappa shape index (κ1) is 81.7. The van der Waals surface area contributed by atoms with Crippen LogP contribution in [0.15, 0.2) is 187 Å². The fourth-order valence-corrected chi connectivity index (χ4v) is 6.59. The maximum atomic E-state index is 11.7. The van der Waals surface area contributed by atoms with Crippen molar-refractivity contribution >= 4 is 68.6 Å². The number of rotatable bonds is 18. The topological polar surface area (TPSA) is 136 Å². The molecule has 1 unspecified atom stereocenters. The van der Waals surface area contributed by atoms with Crippen molar-refractivity contribution < 1.29 is 52.6 Å². The fraction of sp³-hybridized carbons (Fsp3) is 0.338. The molecule has 7 rings (SSSR count). The van der Waals surface area contributed by atoms with E-state index in [1.165, 1.54) is 44.5 Å². The average Bonchev–Trinajstić information content (AvgIpc) is 3.54. The van der Waals surface area contributed by atoms with Crippen molar-refractivity contribution in [3.63, 3.8) is 0 Å². The van der Waals surface area contributed by atoms with Gasteiger partial charge in [-0.2, -0.15) is 0 Å². The Morgan fingerprint density at radius 2 is 0.802 bits per heavy atom. The van der Waals surface area contributed by atoms with Gasteiger partial charge < -0.3 is 38.3 Å². The quantitative estimate of drug-likeness (QED) is 0.0289. The van der Waals surface area contributed by atoms with Gasteiger partial charge in [-0.15, -0.1) is 11.6 Å². The molecule has 470 valence electrons. The van der Waals surface area contributed by atoms with Crippen molar-refractivity contribution in [2.75, 3.05) is 33.5 Å². The number of aliphatic hydroxyl groups is 1. The molecule has 0 saturated heterocycles. The molecule has 7 aromatic rings. The fourth-order valence-electron chi connectivity index (χ4n) is 5.83. The van der Waals surface area contributed by atoms with Crippen molar-refractivity contribution in [1.82, 2.24) is 0 Å². The van der Waals surface area contributed by atoms with E-state index in [4.69, 9.17) is 73.1 Å². The number of benzene rings is 7. The lowest BCUT2D eigenvalue weighted by Crippen LogP contribution is -2.29. The molecular weight excluding hydrogens is 1220 g/mol. The molecule has 86 heavy (non-hydrogen) atoms. The second kappa shape index (κ2) is 51.9. The predicted molar refractivity (Wildman–Crippen MR) is 359 cm³/mol. The molecule has 0 radical (unpaired) electrons. The Morgan fingerprint density at radius 3 is 1.09 bits per heavy atom. The van der Waals surface area contributed by atoms with E-state index in [1.54, 1.807) is 27.9 Å². The zero-order valence-electron chi connectivity index (χ0n) is 51.5. The van der Waals surface area contributed by atoms with Crippen LogP contribution in [0.3, 0.4) is 0 Å². The minimum atomic E-state index is -1.02. The maximum absolute atomic E-state index is 11.7. The summed E-state index contributed by atoms with van der Waals surface area (Å²) < 4.78 is 36.3. The number of aryl methyl sites for hydroxylation is 7. The number of carbonyl (C=O) groups excluding carboxylic acids is 3. The molecule has 0 aliphatic rings. The van der Waals surface area contributed by atoms with Gasteiger partial charge in [0.15, 0.2) is 0 Å². The van der Waals surface area contributed by atoms with E-state index in [1.807, 2.05) is 180 Å². The van der Waals surface area contributed by atoms with Gasteiger partial charge in [-0.05, 0) is 134 Å². The highest BCUT2D eigenvalue weighted by Gasteiger charge is 2.20. The molecule has 0 fully saturated rings. The second-order valence-electron chi connectivity index (χ2n) is 18.4. The first-order valence-electron chi connectivity index (χ1n) is 27.7. The number of esters is 3. The molecule has 0 spiro atoms. The van der Waals surface area contributed by atoms with E-state index in [-0.39, 0.29) is 26.6 Å². The molecule has 0 amide bonds. The summed E-state index contributed by atoms with van der Waals surface area (Å²) in [6, 6.07) is 55.5. The number of aliphatic hydroxyl groups excluding tert-OH is 1. The monoisotopic (exact) mass is 1300 g/mol. The molecule has 0 aliphatic heterocycles. The third-order valence-electron chi connectivity index (χ3n) is 10.8. The van der Waals surface area contributed by atoms with Gasteiger partial charge in [0, 0.05) is 47.9 Å². The summed E-state index contributed by atoms with van der Waals surface area (Å²) in [5.41, 5.74) is 11.6. The van der Waals surface area contributed by atoms with E-state index in [0.717, 1.165) is 44.4 Å². The van der Waals surface area contributed by atoms with Crippen LogP contribution >= 0.6 is 50.7 Å². The third kappa shape index (κ3) is 43.3. The third-order valence-corrected chi connectivity index (χ3v) is 12.2. The van der Waals surface area contributed by atoms with Crippen LogP contribution in [0.1, 0.15) is 103 Å². The zero-order chi connectivity index (χ0) is 63.8. The normalized spacial score (nSPS) is 9.93. The van der Waals surface area contributed by atoms with Crippen molar-refractivity contribution in [3.05, 3.63) is 253 Å². The van der Waals surface area contributed by atoms with Gasteiger partial charge in [0.25, 0.3) is 6.29 Å². The van der Waals surface area contributed by atoms with Gasteiger partial charge in [0.05, 0.1) is 7.11 Å². The molecule has 0 heterocycles. The lowest BCUT2D eigenvalue weighted by Gasteiger charge is -2.15. The number of halogens is 4. The van der Waals surface area contributed by atoms with E-state index in [0.29, 0.717) is 38.9 Å². The van der Waals surface area contributed by atoms with E-state index in [9.17, 15) is 14.4 Å². The van der Waals surface area contributed by atoms with Gasteiger partial charge in [-0.25, -0.2) is 14.4 Å². The Kier molecular flexibility index (Phi) is 49.3. The molecule has 15 heteroatoms. The summed E-state index contributed by atoms with van der Waals surface area (Å²) >= 11 is 20.2. The highest BCUT2D eigenvalue weighted by Crippen LogP contribution is 2.13. The second-order valence-corrected chi connectivity index (χ2v) is 20.5. The summed E-state index contributed by atoms with van der Waals surface area (Å²) in [4.78, 5) is 33.7. The lowest BCUT2D eigenvalue weighted by molar-refractivity contribution is -0.194. The van der Waals surface area contributed by atoms with Crippen LogP contribution in [0.4, 0.5) is 0 Å². The summed E-state index contributed by atoms with van der Waals surface area (Å²) in [5.74, 6) is 0.102. The Morgan fingerprint density at radius 1 is 0.500 bits per heavy atom. The van der Waals surface area contributed by atoms with Gasteiger partial charge >= 0.3 is 17.9 Å². The van der Waals surface area contributed by atoms with Crippen LogP contribution in [0.5, 0.6) is 5.75 Å². The average molecular weight is 1310 g/mol. The molecular formula is C71H92BrCl3O11. The van der Waals surface area contributed by atoms with Gasteiger partial charge in [-0.3, -0.25) is 0 Å². The van der Waals surface area contributed by atoms with Crippen LogP contribution in [0, 0.1) is 48.5 Å². The predicted octanol–water partition coefficient (Wildman–Crippen LogP) is 18.5. The number of methoxy groups -OCH3 is 1. The number of alkyl halides is 2. The van der Waals surface area contributed by atoms with E-state index < -0.39 is 23.8 Å². The number of hydrogen-bond donors (Lipinski definition) is 1. The van der Waals surface area contributed by atoms with Crippen molar-refractivity contribution in [2.24, 2.45) is 0 Å². The molecule has 11 nitrogen and oxygen atoms in total. The minimum Gasteiger partial charge on any atom is -0.497 e. The standard InChI is InChI=1S/C14H20O4.C12H15ClO3.C11H12O2.C8H9Cl.C8H10O.C7H7Br.C7H7Cl.C3H8O.CH4/c1-4-16-14(17-5-2)13(15)18-10-12-8-6-11(3)7-9-12;1-3-15-11(13)12(14)16-8-10-6-4-9(2)5-7-10;1-3-11(12)13-8-10-6-4-9(2)5-7-10;1-7-2-4-8(6-9)5-3-7;1-7-3-5-8(9-2)6-4-7;2*1-6-2-4-7(8)5-3-6;1-2-3-4;/h6-9,14H,4-5,10H2,1-3H3;4-7,11H,3,8H2,1-2H3;3-7H,1,8H2,2H3;2-5H,6H2,1H3;3-6H,1-2H3;2*2-5H,1H3;4H,2-3H2,1H3;1H4. The highest BCUT2D eigenvalue weighted by atomic mass is 79.9. The SMILES string of the molecule is C.C=CC(=O)OCc1ccc(C)cc1.CCCO.CCOC(Cl)C(=O)OCc1ccc(C)cc1.CCOC(OCC)C(=O)OCc1ccc(C)cc1.COc1ccc(C)cc1.Cc1ccc(Br)cc1.Cc1ccc(CCl)cc1.Cc1ccc(Cl)cc1. The molecule has 0 aromatic heterocycles. The highest BCUT2D eigenvalue weighted by molar-refractivity contribution is 9.10. The number of carbonyl (C=O) groups is 3. The van der Waals surface area contributed by atoms with Crippen LogP contribution in [-0.2, 0) is 68.5 Å². The first-order valence-corrected chi connectivity index (χ1v) is 29.9. The van der Waals surface area contributed by atoms with Crippen LogP contribution in [0.2, 0.25) is 5.02 Å².